The van der Waals surface area contributed by atoms with E-state index in [1.807, 2.05) is 35.2 Å². The van der Waals surface area contributed by atoms with Crippen LogP contribution in [0.2, 0.25) is 0 Å². The summed E-state index contributed by atoms with van der Waals surface area (Å²) < 4.78 is 20.4. The Balaban J connectivity index is 1.49. The van der Waals surface area contributed by atoms with Gasteiger partial charge in [-0.3, -0.25) is 14.9 Å². The number of methoxy groups -OCH3 is 1. The largest absolute Gasteiger partial charge is 0.497 e. The Kier molecular flexibility index (Phi) is 5.47. The van der Waals surface area contributed by atoms with Crippen molar-refractivity contribution < 1.29 is 23.5 Å². The molecular formula is C29H26FN3O4. The number of hydrogen-bond acceptors (Lipinski definition) is 5. The Morgan fingerprint density at radius 3 is 2.46 bits per heavy atom. The van der Waals surface area contributed by atoms with Crippen LogP contribution in [0.4, 0.5) is 20.6 Å². The smallest absolute Gasteiger partial charge is 0.335 e. The first-order valence-corrected chi connectivity index (χ1v) is 12.4. The number of para-hydroxylation sites is 1. The Morgan fingerprint density at radius 2 is 1.73 bits per heavy atom. The number of carbonyl (C=O) groups is 3. The molecule has 7 nitrogen and oxygen atoms in total. The molecule has 0 radical (unpaired) electrons. The number of benzene rings is 3. The predicted octanol–water partition coefficient (Wildman–Crippen LogP) is 4.41. The summed E-state index contributed by atoms with van der Waals surface area (Å²) in [6.07, 6.45) is 1.23. The van der Waals surface area contributed by atoms with Crippen molar-refractivity contribution in [3.8, 4) is 5.75 Å². The lowest BCUT2D eigenvalue weighted by Crippen LogP contribution is -2.73. The summed E-state index contributed by atoms with van der Waals surface area (Å²) in [5.74, 6) is -0.941. The summed E-state index contributed by atoms with van der Waals surface area (Å²) in [6, 6.07) is 19.8. The summed E-state index contributed by atoms with van der Waals surface area (Å²) in [4.78, 5) is 44.0. The second-order valence-electron chi connectivity index (χ2n) is 9.83. The van der Waals surface area contributed by atoms with Gasteiger partial charge in [0.05, 0.1) is 24.5 Å². The minimum atomic E-state index is -1.60. The zero-order chi connectivity index (χ0) is 25.7. The molecule has 6 rings (SSSR count). The quantitative estimate of drug-likeness (QED) is 0.540. The molecule has 1 spiro atoms. The fourth-order valence-electron chi connectivity index (χ4n) is 6.24. The number of anilines is 2. The lowest BCUT2D eigenvalue weighted by atomic mass is 9.64. The molecule has 1 N–H and O–H groups in total. The topological polar surface area (TPSA) is 79.0 Å². The van der Waals surface area contributed by atoms with Gasteiger partial charge in [-0.25, -0.2) is 14.1 Å². The molecule has 37 heavy (non-hydrogen) atoms. The van der Waals surface area contributed by atoms with Crippen LogP contribution in [-0.2, 0) is 16.0 Å². The van der Waals surface area contributed by atoms with E-state index in [9.17, 15) is 14.4 Å². The van der Waals surface area contributed by atoms with Crippen LogP contribution in [0.3, 0.4) is 0 Å². The van der Waals surface area contributed by atoms with E-state index in [1.165, 1.54) is 13.2 Å². The van der Waals surface area contributed by atoms with E-state index in [4.69, 9.17) is 4.74 Å². The van der Waals surface area contributed by atoms with Crippen molar-refractivity contribution in [1.29, 1.82) is 0 Å². The molecule has 188 valence electrons. The molecule has 0 unspecified atom stereocenters. The number of urea groups is 1. The number of piperidine rings is 1. The van der Waals surface area contributed by atoms with Crippen LogP contribution >= 0.6 is 0 Å². The number of halogens is 1. The predicted molar refractivity (Wildman–Crippen MR) is 136 cm³/mol. The molecule has 8 heteroatoms. The monoisotopic (exact) mass is 499 g/mol. The van der Waals surface area contributed by atoms with E-state index in [0.29, 0.717) is 35.7 Å². The van der Waals surface area contributed by atoms with E-state index in [0.717, 1.165) is 16.9 Å². The first-order valence-electron chi connectivity index (χ1n) is 12.4. The fraction of sp³-hybridized carbons (Fsp3) is 0.276. The first kappa shape index (κ1) is 23.2. The molecule has 3 aliphatic heterocycles. The molecule has 2 saturated heterocycles. The highest BCUT2D eigenvalue weighted by atomic mass is 19.1. The second kappa shape index (κ2) is 8.73. The zero-order valence-corrected chi connectivity index (χ0v) is 20.3. The number of hydrogen-bond donors (Lipinski definition) is 1. The Labute approximate surface area is 213 Å². The Bertz CT molecular complexity index is 1390. The number of rotatable bonds is 3. The lowest BCUT2D eigenvalue weighted by molar-refractivity contribution is -0.145. The van der Waals surface area contributed by atoms with Gasteiger partial charge in [0.1, 0.15) is 11.6 Å². The van der Waals surface area contributed by atoms with Gasteiger partial charge in [0.15, 0.2) is 5.41 Å². The summed E-state index contributed by atoms with van der Waals surface area (Å²) >= 11 is 0. The van der Waals surface area contributed by atoms with Crippen LogP contribution in [0.25, 0.3) is 0 Å². The molecule has 0 aromatic heterocycles. The van der Waals surface area contributed by atoms with Crippen molar-refractivity contribution in [2.75, 3.05) is 23.5 Å². The summed E-state index contributed by atoms with van der Waals surface area (Å²) in [6.45, 7) is 0.483. The van der Waals surface area contributed by atoms with E-state index in [1.54, 1.807) is 36.4 Å². The van der Waals surface area contributed by atoms with Crippen molar-refractivity contribution >= 4 is 29.2 Å². The van der Waals surface area contributed by atoms with Crippen LogP contribution < -0.4 is 19.9 Å². The number of amides is 4. The van der Waals surface area contributed by atoms with Gasteiger partial charge >= 0.3 is 6.03 Å². The normalized spacial score (nSPS) is 25.0. The van der Waals surface area contributed by atoms with Crippen LogP contribution in [-0.4, -0.2) is 37.5 Å². The average molecular weight is 500 g/mol. The Morgan fingerprint density at radius 1 is 0.973 bits per heavy atom. The third-order valence-corrected chi connectivity index (χ3v) is 8.01. The third-order valence-electron chi connectivity index (χ3n) is 8.01. The highest BCUT2D eigenvalue weighted by Gasteiger charge is 2.63. The summed E-state index contributed by atoms with van der Waals surface area (Å²) in [5, 5.41) is 2.46. The van der Waals surface area contributed by atoms with E-state index in [-0.39, 0.29) is 18.2 Å². The molecule has 0 saturated carbocycles. The SMILES string of the molecule is COc1ccc(N2C(=O)NC(=O)[C@]3(Cc4cccc(F)c4N4CC[C@@H](c5ccccc5)C[C@@H]43)C2=O)cc1. The zero-order valence-electron chi connectivity index (χ0n) is 20.3. The minimum absolute atomic E-state index is 0.00731. The first-order chi connectivity index (χ1) is 17.9. The number of carbonyl (C=O) groups excluding carboxylic acids is 3. The Hall–Kier alpha value is -4.20. The molecule has 2 fully saturated rings. The maximum Gasteiger partial charge on any atom is 0.335 e. The minimum Gasteiger partial charge on any atom is -0.497 e. The van der Waals surface area contributed by atoms with Gasteiger partial charge in [-0.2, -0.15) is 0 Å². The molecule has 3 aromatic carbocycles. The van der Waals surface area contributed by atoms with E-state index >= 15 is 4.39 Å². The van der Waals surface area contributed by atoms with Crippen molar-refractivity contribution in [1.82, 2.24) is 5.32 Å². The highest BCUT2D eigenvalue weighted by molar-refractivity contribution is 6.30. The van der Waals surface area contributed by atoms with Gasteiger partial charge in [-0.1, -0.05) is 42.5 Å². The molecule has 3 aromatic rings. The summed E-state index contributed by atoms with van der Waals surface area (Å²) in [7, 11) is 1.53. The van der Waals surface area contributed by atoms with Crippen LogP contribution in [0.5, 0.6) is 5.75 Å². The molecule has 3 atom stereocenters. The molecule has 3 aliphatic rings. The molecule has 4 amide bonds. The number of nitrogens with one attached hydrogen (secondary N) is 1. The van der Waals surface area contributed by atoms with E-state index in [2.05, 4.69) is 5.32 Å². The van der Waals surface area contributed by atoms with Crippen molar-refractivity contribution in [2.24, 2.45) is 5.41 Å². The number of ether oxygens (including phenoxy) is 1. The van der Waals surface area contributed by atoms with Crippen LogP contribution in [0, 0.1) is 11.2 Å². The highest BCUT2D eigenvalue weighted by Crippen LogP contribution is 2.51. The van der Waals surface area contributed by atoms with Gasteiger partial charge in [0.25, 0.3) is 5.91 Å². The van der Waals surface area contributed by atoms with Crippen LogP contribution in [0.15, 0.2) is 72.8 Å². The lowest BCUT2D eigenvalue weighted by Gasteiger charge is -2.54. The second-order valence-corrected chi connectivity index (χ2v) is 9.83. The molecule has 0 aliphatic carbocycles. The number of fused-ring (bicyclic) bond motifs is 4. The van der Waals surface area contributed by atoms with Gasteiger partial charge in [0, 0.05) is 6.54 Å². The number of imide groups is 2. The molecule has 3 heterocycles. The maximum absolute atomic E-state index is 15.2. The molecular weight excluding hydrogens is 473 g/mol. The van der Waals surface area contributed by atoms with Gasteiger partial charge in [-0.05, 0) is 66.6 Å². The fourth-order valence-corrected chi connectivity index (χ4v) is 6.24. The summed E-state index contributed by atoms with van der Waals surface area (Å²) in [5.41, 5.74) is 0.882. The standard InChI is InChI=1S/C29H26FN3O4/c1-37-22-12-10-21(11-13-22)33-27(35)29(26(34)31-28(33)36)17-20-8-5-9-23(30)25(20)32-15-14-19(16-24(29)32)18-6-3-2-4-7-18/h2-13,19,24H,14-17H2,1H3,(H,31,34,36)/t19-,24-,29-/m1/s1. The van der Waals surface area contributed by atoms with E-state index < -0.39 is 29.3 Å². The third kappa shape index (κ3) is 3.50. The van der Waals surface area contributed by atoms with Crippen molar-refractivity contribution in [3.63, 3.8) is 0 Å². The molecule has 0 bridgehead atoms. The maximum atomic E-state index is 15.2. The van der Waals surface area contributed by atoms with Crippen LogP contribution in [0.1, 0.15) is 29.9 Å². The van der Waals surface area contributed by atoms with Crippen molar-refractivity contribution in [3.05, 3.63) is 89.7 Å². The van der Waals surface area contributed by atoms with Crippen molar-refractivity contribution in [2.45, 2.75) is 31.2 Å². The number of barbiturate groups is 1. The average Bonchev–Trinajstić information content (AvgIpc) is 2.92. The van der Waals surface area contributed by atoms with Gasteiger partial charge in [0.2, 0.25) is 5.91 Å². The van der Waals surface area contributed by atoms with Gasteiger partial charge < -0.3 is 9.64 Å². The van der Waals surface area contributed by atoms with Gasteiger partial charge in [-0.15, -0.1) is 0 Å². The number of nitrogens with zero attached hydrogens (tertiary/aromatic N) is 2.